The Hall–Kier alpha value is -2.38. The van der Waals surface area contributed by atoms with Crippen molar-refractivity contribution in [2.24, 2.45) is 10.9 Å². The molecule has 0 bridgehead atoms. The van der Waals surface area contributed by atoms with E-state index < -0.39 is 0 Å². The van der Waals surface area contributed by atoms with Gasteiger partial charge >= 0.3 is 0 Å². The lowest BCUT2D eigenvalue weighted by molar-refractivity contribution is -0.106. The smallest absolute Gasteiger partial charge is 0.232 e. The monoisotopic (exact) mass is 350 g/mol. The summed E-state index contributed by atoms with van der Waals surface area (Å²) in [6.07, 6.45) is 10.4. The largest absolute Gasteiger partial charge is 0.377 e. The maximum absolute atomic E-state index is 10.7. The first-order valence-corrected chi connectivity index (χ1v) is 9.37. The van der Waals surface area contributed by atoms with Gasteiger partial charge in [-0.05, 0) is 49.8 Å². The summed E-state index contributed by atoms with van der Waals surface area (Å²) < 4.78 is 5.81. The van der Waals surface area contributed by atoms with Crippen LogP contribution in [0.1, 0.15) is 43.2 Å². The van der Waals surface area contributed by atoms with Gasteiger partial charge in [0.15, 0.2) is 0 Å². The summed E-state index contributed by atoms with van der Waals surface area (Å²) in [6.45, 7) is 1.69. The van der Waals surface area contributed by atoms with E-state index in [2.05, 4.69) is 21.7 Å². The normalized spacial score (nSPS) is 20.5. The van der Waals surface area contributed by atoms with Crippen molar-refractivity contribution >= 4 is 18.2 Å². The molecule has 1 saturated heterocycles. The molecule has 1 unspecified atom stereocenters. The van der Waals surface area contributed by atoms with Gasteiger partial charge in [-0.1, -0.05) is 24.0 Å². The molecule has 0 spiro atoms. The van der Waals surface area contributed by atoms with Gasteiger partial charge in [-0.3, -0.25) is 4.79 Å². The molecule has 4 heteroatoms. The standard InChI is InChI=1S/C22H26N2O2/c1-24(16-22-4-2-3-13-26-22)15-21(14-23-17-25)20-11-9-19(10-12-20)8-7-18-5-6-18/h9-12,14-15,17-18,22H,2-6,13,16H2,1H3/b21-15+,23-14?. The molecule has 0 aromatic heterocycles. The van der Waals surface area contributed by atoms with Gasteiger partial charge in [0, 0.05) is 49.7 Å². The molecule has 1 aliphatic heterocycles. The van der Waals surface area contributed by atoms with E-state index in [0.717, 1.165) is 42.7 Å². The first-order chi connectivity index (χ1) is 12.7. The van der Waals surface area contributed by atoms with Crippen LogP contribution in [-0.2, 0) is 9.53 Å². The van der Waals surface area contributed by atoms with E-state index in [1.807, 2.05) is 37.5 Å². The lowest BCUT2D eigenvalue weighted by Crippen LogP contribution is -2.30. The number of nitrogens with zero attached hydrogens (tertiary/aromatic N) is 2. The zero-order chi connectivity index (χ0) is 18.2. The van der Waals surface area contributed by atoms with Crippen LogP contribution in [0.3, 0.4) is 0 Å². The molecule has 1 aliphatic carbocycles. The Balaban J connectivity index is 1.70. The highest BCUT2D eigenvalue weighted by Gasteiger charge is 2.17. The number of rotatable bonds is 6. The Labute approximate surface area is 155 Å². The molecule has 2 fully saturated rings. The average molecular weight is 350 g/mol. The van der Waals surface area contributed by atoms with Gasteiger partial charge in [-0.2, -0.15) is 0 Å². The van der Waals surface area contributed by atoms with Crippen molar-refractivity contribution in [1.82, 2.24) is 4.90 Å². The number of carbonyl (C=O) groups excluding carboxylic acids is 1. The van der Waals surface area contributed by atoms with Crippen LogP contribution in [0.15, 0.2) is 35.5 Å². The molecule has 0 radical (unpaired) electrons. The summed E-state index contributed by atoms with van der Waals surface area (Å²) in [5.74, 6) is 7.10. The molecule has 136 valence electrons. The quantitative estimate of drug-likeness (QED) is 0.448. The van der Waals surface area contributed by atoms with Crippen LogP contribution < -0.4 is 0 Å². The molecule has 1 aromatic carbocycles. The number of benzene rings is 1. The predicted octanol–water partition coefficient (Wildman–Crippen LogP) is 3.52. The lowest BCUT2D eigenvalue weighted by atomic mass is 10.0. The van der Waals surface area contributed by atoms with Crippen molar-refractivity contribution in [3.05, 3.63) is 41.6 Å². The van der Waals surface area contributed by atoms with Crippen molar-refractivity contribution in [2.45, 2.75) is 38.2 Å². The van der Waals surface area contributed by atoms with E-state index in [0.29, 0.717) is 12.3 Å². The molecular formula is C22H26N2O2. The van der Waals surface area contributed by atoms with Crippen molar-refractivity contribution in [1.29, 1.82) is 0 Å². The molecule has 0 N–H and O–H groups in total. The first kappa shape index (κ1) is 18.4. The molecule has 1 atom stereocenters. The van der Waals surface area contributed by atoms with Crippen molar-refractivity contribution in [3.63, 3.8) is 0 Å². The third kappa shape index (κ3) is 5.86. The molecule has 1 aromatic rings. The Bertz CT molecular complexity index is 715. The average Bonchev–Trinajstić information content (AvgIpc) is 3.49. The van der Waals surface area contributed by atoms with Crippen molar-refractivity contribution < 1.29 is 9.53 Å². The number of aliphatic imine (C=N–C) groups is 1. The van der Waals surface area contributed by atoms with Crippen LogP contribution in [0.5, 0.6) is 0 Å². The number of hydrogen-bond donors (Lipinski definition) is 0. The second-order valence-corrected chi connectivity index (χ2v) is 7.02. The zero-order valence-corrected chi connectivity index (χ0v) is 15.4. The lowest BCUT2D eigenvalue weighted by Gasteiger charge is -2.27. The second kappa shape index (κ2) is 9.35. The minimum absolute atomic E-state index is 0.273. The number of likely N-dealkylation sites (N-methyl/N-ethyl adjacent to an activating group) is 1. The molecular weight excluding hydrogens is 324 g/mol. The second-order valence-electron chi connectivity index (χ2n) is 7.02. The highest BCUT2D eigenvalue weighted by atomic mass is 16.5. The van der Waals surface area contributed by atoms with E-state index in [-0.39, 0.29) is 6.10 Å². The predicted molar refractivity (Wildman–Crippen MR) is 105 cm³/mol. The topological polar surface area (TPSA) is 41.9 Å². The fourth-order valence-electron chi connectivity index (χ4n) is 3.01. The van der Waals surface area contributed by atoms with Gasteiger partial charge in [0.05, 0.1) is 6.10 Å². The van der Waals surface area contributed by atoms with Crippen LogP contribution in [0.4, 0.5) is 0 Å². The minimum Gasteiger partial charge on any atom is -0.377 e. The number of allylic oxidation sites excluding steroid dienone is 1. The molecule has 1 amide bonds. The zero-order valence-electron chi connectivity index (χ0n) is 15.4. The van der Waals surface area contributed by atoms with Crippen LogP contribution in [-0.4, -0.2) is 43.8 Å². The van der Waals surface area contributed by atoms with E-state index in [1.165, 1.54) is 19.3 Å². The summed E-state index contributed by atoms with van der Waals surface area (Å²) in [5, 5.41) is 0. The van der Waals surface area contributed by atoms with Gasteiger partial charge < -0.3 is 9.64 Å². The Morgan fingerprint density at radius 3 is 2.73 bits per heavy atom. The van der Waals surface area contributed by atoms with Crippen LogP contribution in [0, 0.1) is 17.8 Å². The fraction of sp³-hybridized carbons (Fsp3) is 0.455. The van der Waals surface area contributed by atoms with Gasteiger partial charge in [-0.15, -0.1) is 0 Å². The van der Waals surface area contributed by atoms with Gasteiger partial charge in [-0.25, -0.2) is 4.99 Å². The number of ether oxygens (including phenoxy) is 1. The Kier molecular flexibility index (Phi) is 6.62. The third-order valence-corrected chi connectivity index (χ3v) is 4.62. The molecule has 3 rings (SSSR count). The minimum atomic E-state index is 0.273. The van der Waals surface area contributed by atoms with Crippen LogP contribution in [0.25, 0.3) is 5.57 Å². The Morgan fingerprint density at radius 1 is 1.27 bits per heavy atom. The molecule has 26 heavy (non-hydrogen) atoms. The van der Waals surface area contributed by atoms with E-state index >= 15 is 0 Å². The van der Waals surface area contributed by atoms with E-state index in [9.17, 15) is 4.79 Å². The summed E-state index contributed by atoms with van der Waals surface area (Å²) in [4.78, 5) is 16.6. The summed E-state index contributed by atoms with van der Waals surface area (Å²) in [5.41, 5.74) is 2.94. The van der Waals surface area contributed by atoms with E-state index in [4.69, 9.17) is 4.74 Å². The fourth-order valence-corrected chi connectivity index (χ4v) is 3.01. The highest BCUT2D eigenvalue weighted by Crippen LogP contribution is 2.27. The maximum Gasteiger partial charge on any atom is 0.232 e. The van der Waals surface area contributed by atoms with Gasteiger partial charge in [0.25, 0.3) is 0 Å². The number of amides is 1. The Morgan fingerprint density at radius 2 is 2.08 bits per heavy atom. The summed E-state index contributed by atoms with van der Waals surface area (Å²) in [6, 6.07) is 8.12. The van der Waals surface area contributed by atoms with Gasteiger partial charge in [0.2, 0.25) is 6.41 Å². The number of hydrogen-bond acceptors (Lipinski definition) is 3. The van der Waals surface area contributed by atoms with E-state index in [1.54, 1.807) is 6.21 Å². The molecule has 4 nitrogen and oxygen atoms in total. The number of carbonyl (C=O) groups is 1. The third-order valence-electron chi connectivity index (χ3n) is 4.62. The summed E-state index contributed by atoms with van der Waals surface area (Å²) >= 11 is 0. The van der Waals surface area contributed by atoms with Crippen molar-refractivity contribution in [2.75, 3.05) is 20.2 Å². The summed E-state index contributed by atoms with van der Waals surface area (Å²) in [7, 11) is 2.03. The van der Waals surface area contributed by atoms with Crippen LogP contribution in [0.2, 0.25) is 0 Å². The molecule has 2 aliphatic rings. The van der Waals surface area contributed by atoms with Crippen LogP contribution >= 0.6 is 0 Å². The maximum atomic E-state index is 10.7. The first-order valence-electron chi connectivity index (χ1n) is 9.37. The SMILES string of the molecule is CN(/C=C(\C=NC=O)c1ccc(C#CC2CC2)cc1)CC1CCCCO1. The van der Waals surface area contributed by atoms with Gasteiger partial charge in [0.1, 0.15) is 0 Å². The highest BCUT2D eigenvalue weighted by molar-refractivity contribution is 6.11. The molecule has 1 saturated carbocycles. The van der Waals surface area contributed by atoms with Crippen molar-refractivity contribution in [3.8, 4) is 11.8 Å². The molecule has 1 heterocycles.